The molecule has 3 rings (SSSR count). The van der Waals surface area contributed by atoms with E-state index in [0.29, 0.717) is 24.6 Å². The number of nitrogens with zero attached hydrogens (tertiary/aromatic N) is 1. The Kier molecular flexibility index (Phi) is 3.48. The monoisotopic (exact) mass is 287 g/mol. The second kappa shape index (κ2) is 5.44. The maximum Gasteiger partial charge on any atom is 0.340 e. The van der Waals surface area contributed by atoms with Gasteiger partial charge in [-0.05, 0) is 30.7 Å². The predicted octanol–water partition coefficient (Wildman–Crippen LogP) is 3.44. The van der Waals surface area contributed by atoms with Crippen molar-refractivity contribution in [2.75, 3.05) is 18.1 Å². The zero-order chi connectivity index (χ0) is 14.8. The van der Waals surface area contributed by atoms with Gasteiger partial charge in [0.1, 0.15) is 17.1 Å². The zero-order valence-corrected chi connectivity index (χ0v) is 11.3. The average Bonchev–Trinajstić information content (AvgIpc) is 2.68. The lowest BCUT2D eigenvalue weighted by Crippen LogP contribution is -2.21. The van der Waals surface area contributed by atoms with Crippen LogP contribution in [0.1, 0.15) is 16.8 Å². The first-order chi connectivity index (χ1) is 10.2. The summed E-state index contributed by atoms with van der Waals surface area (Å²) in [5, 5.41) is 9.30. The van der Waals surface area contributed by atoms with Crippen LogP contribution >= 0.6 is 0 Å². The van der Waals surface area contributed by atoms with Gasteiger partial charge in [-0.1, -0.05) is 18.2 Å². The number of halogens is 1. The topological polar surface area (TPSA) is 49.8 Å². The van der Waals surface area contributed by atoms with Crippen LogP contribution in [0.2, 0.25) is 0 Å². The molecular formula is C16H14FNO3. The highest BCUT2D eigenvalue weighted by Crippen LogP contribution is 2.37. The molecule has 0 fully saturated rings. The van der Waals surface area contributed by atoms with Gasteiger partial charge in [-0.2, -0.15) is 0 Å². The number of ether oxygens (including phenoxy) is 1. The van der Waals surface area contributed by atoms with Gasteiger partial charge in [-0.15, -0.1) is 0 Å². The minimum Gasteiger partial charge on any atom is -0.491 e. The molecule has 1 aliphatic heterocycles. The molecule has 108 valence electrons. The normalized spacial score (nSPS) is 14.0. The van der Waals surface area contributed by atoms with Crippen LogP contribution in [0.15, 0.2) is 42.5 Å². The summed E-state index contributed by atoms with van der Waals surface area (Å²) < 4.78 is 19.5. The molecule has 2 aromatic carbocycles. The van der Waals surface area contributed by atoms with Crippen LogP contribution in [0, 0.1) is 5.82 Å². The van der Waals surface area contributed by atoms with E-state index in [1.165, 1.54) is 6.07 Å². The fraction of sp³-hybridized carbons (Fsp3) is 0.188. The molecule has 0 amide bonds. The van der Waals surface area contributed by atoms with E-state index in [-0.39, 0.29) is 5.56 Å². The maximum absolute atomic E-state index is 13.9. The number of carbonyl (C=O) groups is 1. The Morgan fingerprint density at radius 2 is 1.90 bits per heavy atom. The molecule has 1 heterocycles. The van der Waals surface area contributed by atoms with Gasteiger partial charge in [0.2, 0.25) is 0 Å². The Morgan fingerprint density at radius 3 is 2.71 bits per heavy atom. The van der Waals surface area contributed by atoms with Crippen LogP contribution in [-0.4, -0.2) is 24.2 Å². The van der Waals surface area contributed by atoms with Crippen molar-refractivity contribution in [2.45, 2.75) is 6.42 Å². The summed E-state index contributed by atoms with van der Waals surface area (Å²) in [6.45, 7) is 1.12. The van der Waals surface area contributed by atoms with Crippen molar-refractivity contribution in [1.29, 1.82) is 0 Å². The number of para-hydroxylation sites is 2. The number of hydrogen-bond acceptors (Lipinski definition) is 3. The number of carboxylic acid groups (broad SMARTS) is 1. The van der Waals surface area contributed by atoms with Crippen LogP contribution in [0.4, 0.5) is 15.8 Å². The van der Waals surface area contributed by atoms with Crippen LogP contribution in [0.3, 0.4) is 0 Å². The Labute approximate surface area is 121 Å². The lowest BCUT2D eigenvalue weighted by molar-refractivity contribution is 0.0692. The van der Waals surface area contributed by atoms with Crippen molar-refractivity contribution in [2.24, 2.45) is 0 Å². The molecule has 0 atom stereocenters. The molecule has 21 heavy (non-hydrogen) atoms. The summed E-state index contributed by atoms with van der Waals surface area (Å²) in [6, 6.07) is 11.7. The first-order valence-corrected chi connectivity index (χ1v) is 6.69. The molecule has 0 saturated carbocycles. The quantitative estimate of drug-likeness (QED) is 0.919. The highest BCUT2D eigenvalue weighted by atomic mass is 19.1. The smallest absolute Gasteiger partial charge is 0.340 e. The van der Waals surface area contributed by atoms with Gasteiger partial charge in [0.15, 0.2) is 0 Å². The first-order valence-electron chi connectivity index (χ1n) is 6.69. The van der Waals surface area contributed by atoms with E-state index >= 15 is 0 Å². The van der Waals surface area contributed by atoms with E-state index in [1.54, 1.807) is 11.0 Å². The molecule has 0 spiro atoms. The lowest BCUT2D eigenvalue weighted by Gasteiger charge is -2.25. The van der Waals surface area contributed by atoms with Crippen LogP contribution in [0.5, 0.6) is 5.75 Å². The second-order valence-electron chi connectivity index (χ2n) is 4.76. The molecule has 0 aliphatic carbocycles. The molecule has 2 aromatic rings. The average molecular weight is 287 g/mol. The fourth-order valence-electron chi connectivity index (χ4n) is 2.53. The molecule has 0 saturated heterocycles. The van der Waals surface area contributed by atoms with E-state index in [0.717, 1.165) is 18.2 Å². The van der Waals surface area contributed by atoms with Gasteiger partial charge >= 0.3 is 5.97 Å². The van der Waals surface area contributed by atoms with Gasteiger partial charge in [-0.25, -0.2) is 9.18 Å². The SMILES string of the molecule is O=C(O)c1c(F)cccc1N1CCCOc2ccccc21. The van der Waals surface area contributed by atoms with Crippen molar-refractivity contribution >= 4 is 17.3 Å². The van der Waals surface area contributed by atoms with Gasteiger partial charge < -0.3 is 14.7 Å². The minimum atomic E-state index is -1.27. The van der Waals surface area contributed by atoms with Crippen molar-refractivity contribution in [3.05, 3.63) is 53.8 Å². The Bertz CT molecular complexity index is 687. The van der Waals surface area contributed by atoms with Crippen molar-refractivity contribution < 1.29 is 19.0 Å². The molecule has 4 nitrogen and oxygen atoms in total. The van der Waals surface area contributed by atoms with E-state index in [1.807, 2.05) is 24.3 Å². The summed E-state index contributed by atoms with van der Waals surface area (Å²) in [4.78, 5) is 13.2. The minimum absolute atomic E-state index is 0.311. The summed E-state index contributed by atoms with van der Waals surface area (Å²) in [6.07, 6.45) is 0.726. The van der Waals surface area contributed by atoms with Crippen molar-refractivity contribution in [3.8, 4) is 5.75 Å². The van der Waals surface area contributed by atoms with Crippen molar-refractivity contribution in [3.63, 3.8) is 0 Å². The van der Waals surface area contributed by atoms with E-state index in [2.05, 4.69) is 0 Å². The third-order valence-corrected chi connectivity index (χ3v) is 3.44. The Hall–Kier alpha value is -2.56. The van der Waals surface area contributed by atoms with Crippen LogP contribution in [0.25, 0.3) is 0 Å². The van der Waals surface area contributed by atoms with Gasteiger partial charge in [0.05, 0.1) is 18.0 Å². The van der Waals surface area contributed by atoms with Gasteiger partial charge in [0.25, 0.3) is 0 Å². The molecule has 1 aliphatic rings. The molecule has 0 unspecified atom stereocenters. The Morgan fingerprint density at radius 1 is 1.14 bits per heavy atom. The Balaban J connectivity index is 2.17. The maximum atomic E-state index is 13.9. The summed E-state index contributed by atoms with van der Waals surface area (Å²) in [7, 11) is 0. The van der Waals surface area contributed by atoms with Crippen molar-refractivity contribution in [1.82, 2.24) is 0 Å². The number of anilines is 2. The summed E-state index contributed by atoms with van der Waals surface area (Å²) in [5.74, 6) is -1.33. The molecule has 0 aromatic heterocycles. The number of aromatic carboxylic acids is 1. The number of benzene rings is 2. The zero-order valence-electron chi connectivity index (χ0n) is 11.3. The van der Waals surface area contributed by atoms with Gasteiger partial charge in [-0.3, -0.25) is 0 Å². The lowest BCUT2D eigenvalue weighted by atomic mass is 10.1. The molecule has 0 bridgehead atoms. The summed E-state index contributed by atoms with van der Waals surface area (Å²) >= 11 is 0. The van der Waals surface area contributed by atoms with Crippen LogP contribution in [-0.2, 0) is 0 Å². The second-order valence-corrected chi connectivity index (χ2v) is 4.76. The molecule has 5 heteroatoms. The van der Waals surface area contributed by atoms with Crippen LogP contribution < -0.4 is 9.64 Å². The molecule has 0 radical (unpaired) electrons. The van der Waals surface area contributed by atoms with E-state index in [4.69, 9.17) is 4.74 Å². The number of rotatable bonds is 2. The van der Waals surface area contributed by atoms with E-state index in [9.17, 15) is 14.3 Å². The highest BCUT2D eigenvalue weighted by molar-refractivity contribution is 5.96. The third kappa shape index (κ3) is 2.42. The third-order valence-electron chi connectivity index (χ3n) is 3.44. The number of fused-ring (bicyclic) bond motifs is 1. The highest BCUT2D eigenvalue weighted by Gasteiger charge is 2.24. The predicted molar refractivity (Wildman–Crippen MR) is 76.9 cm³/mol. The number of hydrogen-bond donors (Lipinski definition) is 1. The molecule has 1 N–H and O–H groups in total. The summed E-state index contributed by atoms with van der Waals surface area (Å²) in [5.41, 5.74) is 0.790. The molecular weight excluding hydrogens is 273 g/mol. The largest absolute Gasteiger partial charge is 0.491 e. The number of carboxylic acids is 1. The van der Waals surface area contributed by atoms with Gasteiger partial charge in [0, 0.05) is 6.54 Å². The first kappa shape index (κ1) is 13.4. The fourth-order valence-corrected chi connectivity index (χ4v) is 2.53. The standard InChI is InChI=1S/C16H14FNO3/c17-11-5-3-7-13(15(11)16(19)20)18-9-4-10-21-14-8-2-1-6-12(14)18/h1-3,5-8H,4,9-10H2,(H,19,20). The van der Waals surface area contributed by atoms with E-state index < -0.39 is 11.8 Å².